The molecule has 1 aromatic rings. The van der Waals surface area contributed by atoms with Crippen molar-refractivity contribution in [3.05, 3.63) is 29.8 Å². The number of benzene rings is 1. The average Bonchev–Trinajstić information content (AvgIpc) is 2.54. The molecule has 140 valence electrons. The molecule has 0 aliphatic rings. The Hall–Kier alpha value is -2.04. The van der Waals surface area contributed by atoms with E-state index in [9.17, 15) is 9.59 Å². The second kappa shape index (κ2) is 9.44. The van der Waals surface area contributed by atoms with Gasteiger partial charge in [0.25, 0.3) is 5.91 Å². The molecule has 0 aliphatic carbocycles. The number of amides is 2. The number of carbonyl (C=O) groups is 2. The zero-order chi connectivity index (χ0) is 19.0. The van der Waals surface area contributed by atoms with E-state index in [4.69, 9.17) is 4.74 Å². The number of nitrogens with one attached hydrogen (secondary N) is 2. The molecule has 5 nitrogen and oxygen atoms in total. The highest BCUT2D eigenvalue weighted by atomic mass is 16.5. The molecule has 0 radical (unpaired) electrons. The summed E-state index contributed by atoms with van der Waals surface area (Å²) in [5.41, 5.74) is 1.29. The Morgan fingerprint density at radius 3 is 2.24 bits per heavy atom. The lowest BCUT2D eigenvalue weighted by molar-refractivity contribution is -0.127. The van der Waals surface area contributed by atoms with Crippen molar-refractivity contribution in [1.29, 1.82) is 0 Å². The van der Waals surface area contributed by atoms with E-state index in [-0.39, 0.29) is 29.7 Å². The number of hydrogen-bond donors (Lipinski definition) is 2. The smallest absolute Gasteiger partial charge is 0.260 e. The van der Waals surface area contributed by atoms with Crippen molar-refractivity contribution < 1.29 is 14.3 Å². The molecule has 2 unspecified atom stereocenters. The third kappa shape index (κ3) is 7.59. The van der Waals surface area contributed by atoms with Crippen LogP contribution in [0.5, 0.6) is 5.75 Å². The Balaban J connectivity index is 2.40. The highest BCUT2D eigenvalue weighted by Gasteiger charge is 2.16. The van der Waals surface area contributed by atoms with Crippen LogP contribution in [0.25, 0.3) is 0 Å². The average molecular weight is 348 g/mol. The van der Waals surface area contributed by atoms with Crippen LogP contribution >= 0.6 is 0 Å². The molecule has 0 spiro atoms. The van der Waals surface area contributed by atoms with Gasteiger partial charge in [-0.3, -0.25) is 9.59 Å². The van der Waals surface area contributed by atoms with Crippen LogP contribution in [-0.4, -0.2) is 30.5 Å². The zero-order valence-corrected chi connectivity index (χ0v) is 16.3. The lowest BCUT2D eigenvalue weighted by Crippen LogP contribution is -2.39. The van der Waals surface area contributed by atoms with Crippen molar-refractivity contribution in [3.63, 3.8) is 0 Å². The summed E-state index contributed by atoms with van der Waals surface area (Å²) in [4.78, 5) is 23.7. The summed E-state index contributed by atoms with van der Waals surface area (Å²) < 4.78 is 5.67. The van der Waals surface area contributed by atoms with Gasteiger partial charge in [-0.05, 0) is 43.4 Å². The highest BCUT2D eigenvalue weighted by molar-refractivity contribution is 5.82. The summed E-state index contributed by atoms with van der Waals surface area (Å²) in [5.74, 6) is 0.377. The maximum Gasteiger partial charge on any atom is 0.260 e. The summed E-state index contributed by atoms with van der Waals surface area (Å²) in [5, 5.41) is 5.60. The van der Waals surface area contributed by atoms with Crippen LogP contribution in [0.2, 0.25) is 0 Å². The Bertz CT molecular complexity index is 561. The summed E-state index contributed by atoms with van der Waals surface area (Å²) in [6.45, 7) is 12.4. The standard InChI is InChI=1S/C20H32N2O3/c1-7-14(2)22-18(23)12-13-21-19(24)15(3)25-17-10-8-16(9-11-17)20(4,5)6/h8-11,14-15H,7,12-13H2,1-6H3,(H,21,24)(H,22,23). The Morgan fingerprint density at radius 1 is 1.12 bits per heavy atom. The molecule has 2 N–H and O–H groups in total. The number of carbonyl (C=O) groups excluding carboxylic acids is 2. The molecule has 2 amide bonds. The van der Waals surface area contributed by atoms with Crippen LogP contribution in [0, 0.1) is 0 Å². The molecule has 0 aromatic heterocycles. The van der Waals surface area contributed by atoms with Crippen molar-refractivity contribution >= 4 is 11.8 Å². The number of rotatable bonds is 8. The molecule has 5 heteroatoms. The summed E-state index contributed by atoms with van der Waals surface area (Å²) >= 11 is 0. The third-order valence-corrected chi connectivity index (χ3v) is 4.07. The fraction of sp³-hybridized carbons (Fsp3) is 0.600. The molecular formula is C20H32N2O3. The van der Waals surface area contributed by atoms with Gasteiger partial charge in [-0.1, -0.05) is 39.8 Å². The van der Waals surface area contributed by atoms with E-state index in [1.54, 1.807) is 6.92 Å². The molecular weight excluding hydrogens is 316 g/mol. The second-order valence-corrected chi connectivity index (χ2v) is 7.45. The minimum absolute atomic E-state index is 0.0546. The number of hydrogen-bond acceptors (Lipinski definition) is 3. The fourth-order valence-corrected chi connectivity index (χ4v) is 2.18. The van der Waals surface area contributed by atoms with Crippen molar-refractivity contribution in [2.75, 3.05) is 6.54 Å². The van der Waals surface area contributed by atoms with Crippen molar-refractivity contribution in [2.24, 2.45) is 0 Å². The molecule has 0 fully saturated rings. The molecule has 0 aliphatic heterocycles. The zero-order valence-electron chi connectivity index (χ0n) is 16.3. The van der Waals surface area contributed by atoms with E-state index in [1.165, 1.54) is 5.56 Å². The molecule has 2 atom stereocenters. The minimum Gasteiger partial charge on any atom is -0.481 e. The molecule has 0 heterocycles. The largest absolute Gasteiger partial charge is 0.481 e. The second-order valence-electron chi connectivity index (χ2n) is 7.45. The van der Waals surface area contributed by atoms with Gasteiger partial charge in [0.15, 0.2) is 6.10 Å². The van der Waals surface area contributed by atoms with Gasteiger partial charge in [0, 0.05) is 19.0 Å². The lowest BCUT2D eigenvalue weighted by Gasteiger charge is -2.20. The molecule has 0 saturated heterocycles. The maximum absolute atomic E-state index is 12.1. The third-order valence-electron chi connectivity index (χ3n) is 4.07. The van der Waals surface area contributed by atoms with Gasteiger partial charge in [-0.15, -0.1) is 0 Å². The van der Waals surface area contributed by atoms with Gasteiger partial charge >= 0.3 is 0 Å². The quantitative estimate of drug-likeness (QED) is 0.758. The summed E-state index contributed by atoms with van der Waals surface area (Å²) in [6, 6.07) is 7.94. The first-order chi connectivity index (χ1) is 11.6. The summed E-state index contributed by atoms with van der Waals surface area (Å²) in [7, 11) is 0. The normalized spacial score (nSPS) is 13.7. The van der Waals surface area contributed by atoms with Gasteiger partial charge in [-0.25, -0.2) is 0 Å². The van der Waals surface area contributed by atoms with Crippen LogP contribution in [0.1, 0.15) is 59.9 Å². The van der Waals surface area contributed by atoms with Crippen molar-refractivity contribution in [1.82, 2.24) is 10.6 Å². The predicted octanol–water partition coefficient (Wildman–Crippen LogP) is 3.17. The van der Waals surface area contributed by atoms with E-state index in [2.05, 4.69) is 31.4 Å². The van der Waals surface area contributed by atoms with Gasteiger partial charge in [0.05, 0.1) is 0 Å². The van der Waals surface area contributed by atoms with Gasteiger partial charge < -0.3 is 15.4 Å². The maximum atomic E-state index is 12.1. The topological polar surface area (TPSA) is 67.4 Å². The van der Waals surface area contributed by atoms with Crippen LogP contribution in [0.3, 0.4) is 0 Å². The van der Waals surface area contributed by atoms with Crippen LogP contribution < -0.4 is 15.4 Å². The fourth-order valence-electron chi connectivity index (χ4n) is 2.18. The van der Waals surface area contributed by atoms with Gasteiger partial charge in [-0.2, -0.15) is 0 Å². The Labute approximate surface area is 151 Å². The molecule has 0 saturated carbocycles. The van der Waals surface area contributed by atoms with Crippen LogP contribution in [-0.2, 0) is 15.0 Å². The van der Waals surface area contributed by atoms with E-state index in [0.717, 1.165) is 6.42 Å². The first kappa shape index (κ1) is 21.0. The first-order valence-corrected chi connectivity index (χ1v) is 8.97. The number of ether oxygens (including phenoxy) is 1. The SMILES string of the molecule is CCC(C)NC(=O)CCNC(=O)C(C)Oc1ccc(C(C)(C)C)cc1. The molecule has 1 aromatic carbocycles. The Kier molecular flexibility index (Phi) is 7.94. The first-order valence-electron chi connectivity index (χ1n) is 8.97. The lowest BCUT2D eigenvalue weighted by atomic mass is 9.87. The van der Waals surface area contributed by atoms with Gasteiger partial charge in [0.1, 0.15) is 5.75 Å². The van der Waals surface area contributed by atoms with Crippen molar-refractivity contribution in [3.8, 4) is 5.75 Å². The van der Waals surface area contributed by atoms with E-state index < -0.39 is 6.10 Å². The predicted molar refractivity (Wildman–Crippen MR) is 101 cm³/mol. The van der Waals surface area contributed by atoms with Crippen LogP contribution in [0.4, 0.5) is 0 Å². The molecule has 0 bridgehead atoms. The van der Waals surface area contributed by atoms with E-state index in [1.807, 2.05) is 38.1 Å². The van der Waals surface area contributed by atoms with Crippen molar-refractivity contribution in [2.45, 2.75) is 71.9 Å². The Morgan fingerprint density at radius 2 is 1.72 bits per heavy atom. The van der Waals surface area contributed by atoms with E-state index >= 15 is 0 Å². The highest BCUT2D eigenvalue weighted by Crippen LogP contribution is 2.24. The van der Waals surface area contributed by atoms with E-state index in [0.29, 0.717) is 12.3 Å². The minimum atomic E-state index is -0.613. The molecule has 25 heavy (non-hydrogen) atoms. The summed E-state index contributed by atoms with van der Waals surface area (Å²) in [6.07, 6.45) is 0.540. The van der Waals surface area contributed by atoms with Crippen LogP contribution in [0.15, 0.2) is 24.3 Å². The monoisotopic (exact) mass is 348 g/mol. The molecule has 1 rings (SSSR count). The van der Waals surface area contributed by atoms with Gasteiger partial charge in [0.2, 0.25) is 5.91 Å².